The molecule has 0 amide bonds. The summed E-state index contributed by atoms with van der Waals surface area (Å²) in [7, 11) is 0. The largest absolute Gasteiger partial charge is 0.508 e. The minimum absolute atomic E-state index is 0.0270. The predicted molar refractivity (Wildman–Crippen MR) is 52.8 cm³/mol. The topological polar surface area (TPSA) is 59.1 Å². The Hall–Kier alpha value is -1.91. The van der Waals surface area contributed by atoms with Gasteiger partial charge in [0.2, 0.25) is 0 Å². The van der Waals surface area contributed by atoms with Crippen LogP contribution in [0, 0.1) is 0 Å². The van der Waals surface area contributed by atoms with Gasteiger partial charge in [0.25, 0.3) is 6.43 Å². The summed E-state index contributed by atoms with van der Waals surface area (Å²) in [4.78, 5) is 3.80. The highest BCUT2D eigenvalue weighted by Crippen LogP contribution is 2.28. The number of hydrogen-bond acceptors (Lipinski definition) is 3. The molecule has 3 N–H and O–H groups in total. The maximum absolute atomic E-state index is 12.5. The van der Waals surface area contributed by atoms with Crippen molar-refractivity contribution >= 4 is 16.7 Å². The molecule has 2 aromatic rings. The van der Waals surface area contributed by atoms with E-state index in [2.05, 4.69) is 4.98 Å². The first-order valence-corrected chi connectivity index (χ1v) is 4.25. The number of fused-ring (bicyclic) bond motifs is 1. The van der Waals surface area contributed by atoms with Gasteiger partial charge in [0.05, 0.1) is 11.1 Å². The summed E-state index contributed by atoms with van der Waals surface area (Å²) in [5.74, 6) is -0.178. The quantitative estimate of drug-likeness (QED) is 0.760. The van der Waals surface area contributed by atoms with E-state index >= 15 is 0 Å². The Labute approximate surface area is 84.2 Å². The molecule has 0 saturated heterocycles. The van der Waals surface area contributed by atoms with Crippen LogP contribution in [0.5, 0.6) is 5.75 Å². The highest BCUT2D eigenvalue weighted by atomic mass is 19.3. The zero-order valence-corrected chi connectivity index (χ0v) is 7.61. The summed E-state index contributed by atoms with van der Waals surface area (Å²) in [6.45, 7) is 0. The molecule has 2 rings (SSSR count). The van der Waals surface area contributed by atoms with Gasteiger partial charge < -0.3 is 10.8 Å². The number of nitrogens with two attached hydrogens (primary N) is 1. The molecule has 0 spiro atoms. The van der Waals surface area contributed by atoms with Crippen molar-refractivity contribution in [1.29, 1.82) is 0 Å². The molecule has 78 valence electrons. The average Bonchev–Trinajstić information content (AvgIpc) is 2.15. The number of halogens is 2. The number of aromatic hydroxyl groups is 1. The van der Waals surface area contributed by atoms with E-state index in [1.807, 2.05) is 0 Å². The van der Waals surface area contributed by atoms with Gasteiger partial charge in [0, 0.05) is 11.5 Å². The molecular formula is C10H8F2N2O. The third-order valence-corrected chi connectivity index (χ3v) is 2.10. The fraction of sp³-hybridized carbons (Fsp3) is 0.100. The molecule has 0 atom stereocenters. The van der Waals surface area contributed by atoms with E-state index in [0.717, 1.165) is 0 Å². The molecule has 1 heterocycles. The van der Waals surface area contributed by atoms with Gasteiger partial charge in [-0.15, -0.1) is 0 Å². The Kier molecular flexibility index (Phi) is 2.15. The lowest BCUT2D eigenvalue weighted by Gasteiger charge is -2.06. The van der Waals surface area contributed by atoms with Crippen LogP contribution in [0.3, 0.4) is 0 Å². The molecule has 0 bridgehead atoms. The van der Waals surface area contributed by atoms with Gasteiger partial charge >= 0.3 is 0 Å². The molecular weight excluding hydrogens is 202 g/mol. The van der Waals surface area contributed by atoms with Crippen LogP contribution in [0.25, 0.3) is 10.9 Å². The van der Waals surface area contributed by atoms with Crippen LogP contribution in [-0.4, -0.2) is 10.1 Å². The van der Waals surface area contributed by atoms with Crippen molar-refractivity contribution < 1.29 is 13.9 Å². The number of rotatable bonds is 1. The molecule has 1 aromatic heterocycles. The van der Waals surface area contributed by atoms with Crippen LogP contribution < -0.4 is 5.73 Å². The van der Waals surface area contributed by atoms with Crippen LogP contribution in [-0.2, 0) is 0 Å². The molecule has 0 saturated carbocycles. The molecule has 0 aliphatic carbocycles. The minimum atomic E-state index is -2.64. The minimum Gasteiger partial charge on any atom is -0.508 e. The summed E-state index contributed by atoms with van der Waals surface area (Å²) in [5, 5.41) is 9.70. The van der Waals surface area contributed by atoms with E-state index in [0.29, 0.717) is 10.9 Å². The first kappa shape index (κ1) is 9.64. The van der Waals surface area contributed by atoms with Crippen molar-refractivity contribution in [1.82, 2.24) is 4.98 Å². The molecule has 0 unspecified atom stereocenters. The van der Waals surface area contributed by atoms with Crippen LogP contribution in [0.1, 0.15) is 12.0 Å². The Morgan fingerprint density at radius 2 is 2.00 bits per heavy atom. The Morgan fingerprint density at radius 1 is 1.27 bits per heavy atom. The number of phenolic OH excluding ortho intramolecular Hbond substituents is 1. The maximum Gasteiger partial charge on any atom is 0.267 e. The van der Waals surface area contributed by atoms with Crippen LogP contribution in [0.2, 0.25) is 0 Å². The van der Waals surface area contributed by atoms with Crippen molar-refractivity contribution in [2.24, 2.45) is 0 Å². The second-order valence-corrected chi connectivity index (χ2v) is 3.14. The first-order chi connectivity index (χ1) is 7.08. The van der Waals surface area contributed by atoms with Crippen molar-refractivity contribution in [3.05, 3.63) is 29.8 Å². The van der Waals surface area contributed by atoms with Gasteiger partial charge in [-0.25, -0.2) is 13.8 Å². The summed E-state index contributed by atoms with van der Waals surface area (Å²) >= 11 is 0. The molecule has 0 aliphatic rings. The molecule has 5 heteroatoms. The number of aromatic nitrogens is 1. The molecule has 15 heavy (non-hydrogen) atoms. The first-order valence-electron chi connectivity index (χ1n) is 4.25. The Bertz CT molecular complexity index is 514. The van der Waals surface area contributed by atoms with Crippen molar-refractivity contribution in [3.63, 3.8) is 0 Å². The van der Waals surface area contributed by atoms with Gasteiger partial charge in [-0.2, -0.15) is 0 Å². The number of alkyl halides is 2. The second kappa shape index (κ2) is 3.34. The third-order valence-electron chi connectivity index (χ3n) is 2.10. The highest BCUT2D eigenvalue weighted by Gasteiger charge is 2.13. The standard InChI is InChI=1S/C10H8F2N2O/c11-9(12)7-3-5-1-2-6(15)4-8(5)14-10(7)13/h1-4,9,15H,(H2,13,14). The number of phenols is 1. The fourth-order valence-electron chi connectivity index (χ4n) is 1.36. The zero-order valence-electron chi connectivity index (χ0n) is 7.61. The van der Waals surface area contributed by atoms with E-state index in [-0.39, 0.29) is 17.1 Å². The van der Waals surface area contributed by atoms with Crippen molar-refractivity contribution in [2.45, 2.75) is 6.43 Å². The number of hydrogen-bond donors (Lipinski definition) is 2. The number of nitrogen functional groups attached to an aromatic ring is 1. The normalized spacial score (nSPS) is 11.1. The number of anilines is 1. The zero-order chi connectivity index (χ0) is 11.0. The van der Waals surface area contributed by atoms with Gasteiger partial charge in [-0.1, -0.05) is 0 Å². The Balaban J connectivity index is 2.71. The molecule has 1 aromatic carbocycles. The van der Waals surface area contributed by atoms with E-state index in [9.17, 15) is 13.9 Å². The lowest BCUT2D eigenvalue weighted by Crippen LogP contribution is -1.98. The number of benzene rings is 1. The average molecular weight is 210 g/mol. The van der Waals surface area contributed by atoms with E-state index in [4.69, 9.17) is 5.73 Å². The van der Waals surface area contributed by atoms with Crippen molar-refractivity contribution in [2.75, 3.05) is 5.73 Å². The number of nitrogens with zero attached hydrogens (tertiary/aromatic N) is 1. The molecule has 3 nitrogen and oxygen atoms in total. The predicted octanol–water partition coefficient (Wildman–Crippen LogP) is 2.46. The fourth-order valence-corrected chi connectivity index (χ4v) is 1.36. The monoisotopic (exact) mass is 210 g/mol. The maximum atomic E-state index is 12.5. The Morgan fingerprint density at radius 3 is 2.67 bits per heavy atom. The van der Waals surface area contributed by atoms with E-state index in [1.165, 1.54) is 24.3 Å². The highest BCUT2D eigenvalue weighted by molar-refractivity contribution is 5.82. The molecule has 0 fully saturated rings. The molecule has 0 aliphatic heterocycles. The summed E-state index contributed by atoms with van der Waals surface area (Å²) < 4.78 is 24.9. The summed E-state index contributed by atoms with van der Waals surface area (Å²) in [6.07, 6.45) is -2.64. The van der Waals surface area contributed by atoms with Gasteiger partial charge in [-0.3, -0.25) is 0 Å². The summed E-state index contributed by atoms with van der Waals surface area (Å²) in [5.41, 5.74) is 5.48. The van der Waals surface area contributed by atoms with E-state index in [1.54, 1.807) is 0 Å². The lowest BCUT2D eigenvalue weighted by atomic mass is 10.1. The lowest BCUT2D eigenvalue weighted by molar-refractivity contribution is 0.152. The third kappa shape index (κ3) is 1.68. The smallest absolute Gasteiger partial charge is 0.267 e. The number of pyridine rings is 1. The SMILES string of the molecule is Nc1nc2cc(O)ccc2cc1C(F)F. The van der Waals surface area contributed by atoms with Crippen LogP contribution in [0.15, 0.2) is 24.3 Å². The second-order valence-electron chi connectivity index (χ2n) is 3.14. The van der Waals surface area contributed by atoms with Gasteiger partial charge in [0.15, 0.2) is 0 Å². The van der Waals surface area contributed by atoms with Crippen molar-refractivity contribution in [3.8, 4) is 5.75 Å². The molecule has 0 radical (unpaired) electrons. The van der Waals surface area contributed by atoms with Crippen LogP contribution in [0.4, 0.5) is 14.6 Å². The summed E-state index contributed by atoms with van der Waals surface area (Å²) in [6, 6.07) is 5.58. The van der Waals surface area contributed by atoms with Gasteiger partial charge in [0.1, 0.15) is 11.6 Å². The van der Waals surface area contributed by atoms with Gasteiger partial charge in [-0.05, 0) is 18.2 Å². The van der Waals surface area contributed by atoms with E-state index < -0.39 is 6.43 Å². The van der Waals surface area contributed by atoms with Crippen LogP contribution >= 0.6 is 0 Å².